The molecule has 0 amide bonds. The van der Waals surface area contributed by atoms with E-state index >= 15 is 0 Å². The quantitative estimate of drug-likeness (QED) is 0.312. The summed E-state index contributed by atoms with van der Waals surface area (Å²) in [4.78, 5) is 6.46. The Morgan fingerprint density at radius 2 is 2.08 bits per heavy atom. The summed E-state index contributed by atoms with van der Waals surface area (Å²) in [5.41, 5.74) is 0.616. The van der Waals surface area contributed by atoms with Crippen LogP contribution in [0.1, 0.15) is 5.56 Å². The molecule has 0 atom stereocenters. The maximum absolute atomic E-state index is 12.5. The molecule has 26 heavy (non-hydrogen) atoms. The third-order valence-electron chi connectivity index (χ3n) is 3.73. The second kappa shape index (κ2) is 12.6. The van der Waals surface area contributed by atoms with E-state index < -0.39 is 6.61 Å². The van der Waals surface area contributed by atoms with Crippen molar-refractivity contribution < 1.29 is 18.3 Å². The van der Waals surface area contributed by atoms with Crippen LogP contribution in [0.25, 0.3) is 0 Å². The average molecular weight is 549 g/mol. The van der Waals surface area contributed by atoms with Crippen LogP contribution in [-0.2, 0) is 11.3 Å². The summed E-state index contributed by atoms with van der Waals surface area (Å²) in [6, 6.07) is 4.92. The lowest BCUT2D eigenvalue weighted by Gasteiger charge is -2.26. The minimum Gasteiger partial charge on any atom is -0.434 e. The highest BCUT2D eigenvalue weighted by molar-refractivity contribution is 14.0. The number of halogens is 4. The molecule has 0 bridgehead atoms. The number of ether oxygens (including phenoxy) is 2. The normalized spacial score (nSPS) is 15.5. The molecule has 10 heteroatoms. The van der Waals surface area contributed by atoms with Gasteiger partial charge in [0.2, 0.25) is 0 Å². The lowest BCUT2D eigenvalue weighted by Crippen LogP contribution is -2.44. The van der Waals surface area contributed by atoms with Crippen molar-refractivity contribution in [3.05, 3.63) is 28.2 Å². The second-order valence-corrected chi connectivity index (χ2v) is 6.35. The van der Waals surface area contributed by atoms with Gasteiger partial charge in [-0.3, -0.25) is 9.89 Å². The predicted molar refractivity (Wildman–Crippen MR) is 112 cm³/mol. The standard InChI is InChI=1S/C16H23BrF2N4O2.HI/c1-20-16(21-4-5-23-6-8-24-9-7-23)22-11-12-10-13(17)2-3-14(12)25-15(18)19;/h2-3,10,15H,4-9,11H2,1H3,(H2,20,21,22);1H. The Kier molecular flexibility index (Phi) is 11.3. The molecule has 1 heterocycles. The third kappa shape index (κ3) is 8.31. The molecular formula is C16H24BrF2IN4O2. The summed E-state index contributed by atoms with van der Waals surface area (Å²) in [7, 11) is 1.67. The van der Waals surface area contributed by atoms with E-state index in [4.69, 9.17) is 4.74 Å². The number of guanidine groups is 1. The summed E-state index contributed by atoms with van der Waals surface area (Å²) >= 11 is 3.34. The number of morpholine rings is 1. The lowest BCUT2D eigenvalue weighted by atomic mass is 10.2. The Hall–Kier alpha value is -0.720. The summed E-state index contributed by atoms with van der Waals surface area (Å²) < 4.78 is 35.7. The molecule has 148 valence electrons. The molecule has 1 aliphatic rings. The van der Waals surface area contributed by atoms with Crippen LogP contribution in [0.5, 0.6) is 5.75 Å². The number of nitrogens with one attached hydrogen (secondary N) is 2. The van der Waals surface area contributed by atoms with Crippen molar-refractivity contribution >= 4 is 45.9 Å². The van der Waals surface area contributed by atoms with E-state index in [1.54, 1.807) is 19.2 Å². The number of benzene rings is 1. The Bertz CT molecular complexity index is 575. The lowest BCUT2D eigenvalue weighted by molar-refractivity contribution is -0.0504. The first kappa shape index (κ1) is 23.3. The summed E-state index contributed by atoms with van der Waals surface area (Å²) in [6.45, 7) is 2.48. The van der Waals surface area contributed by atoms with Crippen LogP contribution in [-0.4, -0.2) is 63.9 Å². The molecule has 1 aliphatic heterocycles. The molecule has 1 fully saturated rings. The molecule has 1 saturated heterocycles. The molecular weight excluding hydrogens is 525 g/mol. The topological polar surface area (TPSA) is 58.1 Å². The predicted octanol–water partition coefficient (Wildman–Crippen LogP) is 2.67. The van der Waals surface area contributed by atoms with Crippen molar-refractivity contribution in [2.45, 2.75) is 13.2 Å². The van der Waals surface area contributed by atoms with Crippen molar-refractivity contribution in [2.75, 3.05) is 46.4 Å². The van der Waals surface area contributed by atoms with Crippen molar-refractivity contribution in [3.8, 4) is 5.75 Å². The molecule has 1 aromatic carbocycles. The van der Waals surface area contributed by atoms with Gasteiger partial charge in [0.15, 0.2) is 5.96 Å². The van der Waals surface area contributed by atoms with Gasteiger partial charge in [0.1, 0.15) is 5.75 Å². The Balaban J connectivity index is 0.00000338. The van der Waals surface area contributed by atoms with Crippen molar-refractivity contribution in [2.24, 2.45) is 4.99 Å². The smallest absolute Gasteiger partial charge is 0.387 e. The number of aliphatic imine (C=N–C) groups is 1. The molecule has 0 aliphatic carbocycles. The first-order valence-corrected chi connectivity index (χ1v) is 8.85. The number of hydrogen-bond donors (Lipinski definition) is 2. The van der Waals surface area contributed by atoms with Gasteiger partial charge in [0.25, 0.3) is 0 Å². The maximum Gasteiger partial charge on any atom is 0.387 e. The van der Waals surface area contributed by atoms with Gasteiger partial charge < -0.3 is 20.1 Å². The molecule has 0 radical (unpaired) electrons. The number of rotatable bonds is 7. The van der Waals surface area contributed by atoms with E-state index in [-0.39, 0.29) is 29.7 Å². The second-order valence-electron chi connectivity index (χ2n) is 5.44. The fourth-order valence-electron chi connectivity index (χ4n) is 2.45. The largest absolute Gasteiger partial charge is 0.434 e. The molecule has 2 N–H and O–H groups in total. The summed E-state index contributed by atoms with van der Waals surface area (Å²) in [6.07, 6.45) is 0. The zero-order chi connectivity index (χ0) is 18.1. The third-order valence-corrected chi connectivity index (χ3v) is 4.23. The van der Waals surface area contributed by atoms with Gasteiger partial charge in [-0.1, -0.05) is 15.9 Å². The molecule has 1 aromatic rings. The molecule has 0 unspecified atom stereocenters. The number of nitrogens with zero attached hydrogens (tertiary/aromatic N) is 2. The minimum absolute atomic E-state index is 0. The van der Waals surface area contributed by atoms with Crippen LogP contribution in [0.15, 0.2) is 27.7 Å². The highest BCUT2D eigenvalue weighted by Crippen LogP contribution is 2.24. The Labute approximate surface area is 177 Å². The van der Waals surface area contributed by atoms with E-state index in [0.29, 0.717) is 18.1 Å². The first-order valence-electron chi connectivity index (χ1n) is 8.06. The van der Waals surface area contributed by atoms with Crippen molar-refractivity contribution in [1.29, 1.82) is 0 Å². The molecule has 0 aromatic heterocycles. The maximum atomic E-state index is 12.5. The molecule has 6 nitrogen and oxygen atoms in total. The van der Waals surface area contributed by atoms with Gasteiger partial charge in [0, 0.05) is 49.8 Å². The monoisotopic (exact) mass is 548 g/mol. The minimum atomic E-state index is -2.86. The summed E-state index contributed by atoms with van der Waals surface area (Å²) in [5.74, 6) is 0.755. The van der Waals surface area contributed by atoms with Gasteiger partial charge >= 0.3 is 6.61 Å². The van der Waals surface area contributed by atoms with E-state index in [2.05, 4.69) is 41.2 Å². The van der Waals surface area contributed by atoms with Crippen molar-refractivity contribution in [1.82, 2.24) is 15.5 Å². The van der Waals surface area contributed by atoms with Crippen LogP contribution in [0.4, 0.5) is 8.78 Å². The van der Waals surface area contributed by atoms with Gasteiger partial charge in [-0.2, -0.15) is 8.78 Å². The molecule has 0 saturated carbocycles. The van der Waals surface area contributed by atoms with Crippen LogP contribution < -0.4 is 15.4 Å². The average Bonchev–Trinajstić information content (AvgIpc) is 2.60. The van der Waals surface area contributed by atoms with Crippen molar-refractivity contribution in [3.63, 3.8) is 0 Å². The number of hydrogen-bond acceptors (Lipinski definition) is 4. The van der Waals surface area contributed by atoms with E-state index in [9.17, 15) is 8.78 Å². The highest BCUT2D eigenvalue weighted by Gasteiger charge is 2.12. The van der Waals surface area contributed by atoms with Gasteiger partial charge in [-0.25, -0.2) is 0 Å². The van der Waals surface area contributed by atoms with Gasteiger partial charge in [-0.05, 0) is 18.2 Å². The van der Waals surface area contributed by atoms with Gasteiger partial charge in [-0.15, -0.1) is 24.0 Å². The fraction of sp³-hybridized carbons (Fsp3) is 0.562. The Morgan fingerprint density at radius 3 is 2.73 bits per heavy atom. The van der Waals surface area contributed by atoms with Crippen LogP contribution >= 0.6 is 39.9 Å². The SMILES string of the molecule is CN=C(NCCN1CCOCC1)NCc1cc(Br)ccc1OC(F)F.I. The molecule has 2 rings (SSSR count). The number of alkyl halides is 2. The van der Waals surface area contributed by atoms with E-state index in [0.717, 1.165) is 43.9 Å². The first-order chi connectivity index (χ1) is 12.1. The highest BCUT2D eigenvalue weighted by atomic mass is 127. The van der Waals surface area contributed by atoms with Gasteiger partial charge in [0.05, 0.1) is 13.2 Å². The Morgan fingerprint density at radius 1 is 1.35 bits per heavy atom. The fourth-order valence-corrected chi connectivity index (χ4v) is 2.86. The van der Waals surface area contributed by atoms with Crippen LogP contribution in [0.3, 0.4) is 0 Å². The zero-order valence-electron chi connectivity index (χ0n) is 14.5. The summed E-state index contributed by atoms with van der Waals surface area (Å²) in [5, 5.41) is 6.33. The van der Waals surface area contributed by atoms with Crippen LogP contribution in [0, 0.1) is 0 Å². The molecule has 0 spiro atoms. The van der Waals surface area contributed by atoms with E-state index in [1.807, 2.05) is 0 Å². The van der Waals surface area contributed by atoms with Crippen LogP contribution in [0.2, 0.25) is 0 Å². The zero-order valence-corrected chi connectivity index (χ0v) is 18.4. The van der Waals surface area contributed by atoms with E-state index in [1.165, 1.54) is 6.07 Å².